The number of aromatic nitrogens is 3. The number of hydrogen-bond acceptors (Lipinski definition) is 5. The molecule has 3 rings (SSSR count). The highest BCUT2D eigenvalue weighted by Crippen LogP contribution is 2.23. The number of amides is 2. The zero-order chi connectivity index (χ0) is 21.0. The number of anilines is 1. The molecule has 8 nitrogen and oxygen atoms in total. The van der Waals surface area contributed by atoms with Crippen molar-refractivity contribution in [1.82, 2.24) is 19.9 Å². The standard InChI is InChI=1S/C18H16F3N5O3/c1-25(17(28)11-26-15-5-3-2-4-14(15)23-24-26)10-16(27)22-12-6-8-13(9-7-12)29-18(19,20)21/h2-9H,10-11H2,1H3,(H,22,27). The van der Waals surface area contributed by atoms with E-state index in [1.54, 1.807) is 24.3 Å². The Labute approximate surface area is 162 Å². The third kappa shape index (κ3) is 5.43. The van der Waals surface area contributed by atoms with Crippen molar-refractivity contribution in [2.24, 2.45) is 0 Å². The first-order valence-electron chi connectivity index (χ1n) is 8.39. The first kappa shape index (κ1) is 20.1. The van der Waals surface area contributed by atoms with E-state index in [0.717, 1.165) is 12.1 Å². The van der Waals surface area contributed by atoms with Gasteiger partial charge < -0.3 is 15.0 Å². The molecule has 0 saturated carbocycles. The Bertz CT molecular complexity index is 1020. The first-order valence-corrected chi connectivity index (χ1v) is 8.39. The van der Waals surface area contributed by atoms with E-state index < -0.39 is 18.0 Å². The molecule has 0 aliphatic carbocycles. The molecule has 0 aliphatic rings. The maximum Gasteiger partial charge on any atom is 0.573 e. The number of nitrogens with one attached hydrogen (secondary N) is 1. The Balaban J connectivity index is 1.54. The number of likely N-dealkylation sites (N-methyl/N-ethyl adjacent to an activating group) is 1. The minimum Gasteiger partial charge on any atom is -0.406 e. The van der Waals surface area contributed by atoms with Gasteiger partial charge in [-0.05, 0) is 36.4 Å². The van der Waals surface area contributed by atoms with Crippen LogP contribution < -0.4 is 10.1 Å². The van der Waals surface area contributed by atoms with Crippen LogP contribution in [-0.2, 0) is 16.1 Å². The van der Waals surface area contributed by atoms with Gasteiger partial charge >= 0.3 is 6.36 Å². The van der Waals surface area contributed by atoms with Crippen molar-refractivity contribution in [2.45, 2.75) is 12.9 Å². The van der Waals surface area contributed by atoms with Crippen LogP contribution >= 0.6 is 0 Å². The molecule has 1 heterocycles. The van der Waals surface area contributed by atoms with Gasteiger partial charge in [0.25, 0.3) is 0 Å². The van der Waals surface area contributed by atoms with E-state index in [1.807, 2.05) is 0 Å². The fourth-order valence-corrected chi connectivity index (χ4v) is 2.53. The molecular formula is C18H16F3N5O3. The van der Waals surface area contributed by atoms with E-state index in [0.29, 0.717) is 11.0 Å². The third-order valence-corrected chi connectivity index (χ3v) is 3.88. The highest BCUT2D eigenvalue weighted by molar-refractivity contribution is 5.94. The summed E-state index contributed by atoms with van der Waals surface area (Å²) in [6.07, 6.45) is -4.79. The van der Waals surface area contributed by atoms with Crippen LogP contribution in [0.4, 0.5) is 18.9 Å². The quantitative estimate of drug-likeness (QED) is 0.678. The fourth-order valence-electron chi connectivity index (χ4n) is 2.53. The van der Waals surface area contributed by atoms with Gasteiger partial charge in [-0.25, -0.2) is 4.68 Å². The molecule has 152 valence electrons. The van der Waals surface area contributed by atoms with E-state index in [9.17, 15) is 22.8 Å². The van der Waals surface area contributed by atoms with Gasteiger partial charge in [-0.2, -0.15) is 0 Å². The molecular weight excluding hydrogens is 391 g/mol. The number of benzene rings is 2. The molecule has 0 bridgehead atoms. The zero-order valence-electron chi connectivity index (χ0n) is 15.2. The van der Waals surface area contributed by atoms with E-state index in [-0.39, 0.29) is 24.7 Å². The SMILES string of the molecule is CN(CC(=O)Nc1ccc(OC(F)(F)F)cc1)C(=O)Cn1nnc2ccccc21. The van der Waals surface area contributed by atoms with Crippen molar-refractivity contribution in [2.75, 3.05) is 18.9 Å². The highest BCUT2D eigenvalue weighted by atomic mass is 19.4. The Morgan fingerprint density at radius 3 is 2.52 bits per heavy atom. The number of fused-ring (bicyclic) bond motifs is 1. The normalized spacial score (nSPS) is 11.3. The minimum atomic E-state index is -4.79. The number of nitrogens with zero attached hydrogens (tertiary/aromatic N) is 4. The Hall–Kier alpha value is -3.63. The largest absolute Gasteiger partial charge is 0.573 e. The minimum absolute atomic E-state index is 0.0895. The smallest absolute Gasteiger partial charge is 0.406 e. The summed E-state index contributed by atoms with van der Waals surface area (Å²) in [6, 6.07) is 11.8. The van der Waals surface area contributed by atoms with Gasteiger partial charge in [0.15, 0.2) is 0 Å². The molecule has 29 heavy (non-hydrogen) atoms. The molecule has 0 spiro atoms. The van der Waals surface area contributed by atoms with Crippen LogP contribution in [0.2, 0.25) is 0 Å². The van der Waals surface area contributed by atoms with Crippen molar-refractivity contribution >= 4 is 28.5 Å². The van der Waals surface area contributed by atoms with E-state index in [1.165, 1.54) is 28.8 Å². The topological polar surface area (TPSA) is 89.4 Å². The maximum absolute atomic E-state index is 12.4. The number of alkyl halides is 3. The molecule has 1 N–H and O–H groups in total. The first-order chi connectivity index (χ1) is 13.7. The third-order valence-electron chi connectivity index (χ3n) is 3.88. The second kappa shape index (κ2) is 8.17. The molecule has 0 radical (unpaired) electrons. The molecule has 11 heteroatoms. The van der Waals surface area contributed by atoms with Crippen LogP contribution in [0.5, 0.6) is 5.75 Å². The number of carbonyl (C=O) groups is 2. The van der Waals surface area contributed by atoms with Crippen LogP contribution in [0.1, 0.15) is 0 Å². The fraction of sp³-hybridized carbons (Fsp3) is 0.222. The lowest BCUT2D eigenvalue weighted by Gasteiger charge is -2.17. The van der Waals surface area contributed by atoms with Crippen LogP contribution in [0.25, 0.3) is 11.0 Å². The second-order valence-electron chi connectivity index (χ2n) is 6.11. The van der Waals surface area contributed by atoms with Gasteiger partial charge in [0, 0.05) is 12.7 Å². The van der Waals surface area contributed by atoms with Crippen LogP contribution in [-0.4, -0.2) is 51.7 Å². The number of ether oxygens (including phenoxy) is 1. The van der Waals surface area contributed by atoms with Crippen molar-refractivity contribution in [3.8, 4) is 5.75 Å². The second-order valence-corrected chi connectivity index (χ2v) is 6.11. The number of carbonyl (C=O) groups excluding carboxylic acids is 2. The molecule has 0 aliphatic heterocycles. The van der Waals surface area contributed by atoms with Gasteiger partial charge in [0.2, 0.25) is 11.8 Å². The van der Waals surface area contributed by atoms with Gasteiger partial charge in [0.1, 0.15) is 17.8 Å². The zero-order valence-corrected chi connectivity index (χ0v) is 15.2. The highest BCUT2D eigenvalue weighted by Gasteiger charge is 2.31. The number of hydrogen-bond donors (Lipinski definition) is 1. The van der Waals surface area contributed by atoms with Gasteiger partial charge in [-0.3, -0.25) is 9.59 Å². The van der Waals surface area contributed by atoms with Crippen molar-refractivity contribution in [1.29, 1.82) is 0 Å². The lowest BCUT2D eigenvalue weighted by atomic mass is 10.3. The summed E-state index contributed by atoms with van der Waals surface area (Å²) in [7, 11) is 1.46. The summed E-state index contributed by atoms with van der Waals surface area (Å²) in [5, 5.41) is 10.4. The summed E-state index contributed by atoms with van der Waals surface area (Å²) in [4.78, 5) is 25.7. The van der Waals surface area contributed by atoms with Crippen molar-refractivity contribution in [3.63, 3.8) is 0 Å². The molecule has 0 unspecified atom stereocenters. The van der Waals surface area contributed by atoms with Crippen LogP contribution in [0.3, 0.4) is 0 Å². The molecule has 2 aromatic carbocycles. The maximum atomic E-state index is 12.4. The van der Waals surface area contributed by atoms with E-state index in [4.69, 9.17) is 0 Å². The molecule has 0 fully saturated rings. The van der Waals surface area contributed by atoms with Gasteiger partial charge in [-0.1, -0.05) is 17.3 Å². The lowest BCUT2D eigenvalue weighted by molar-refractivity contribution is -0.274. The summed E-state index contributed by atoms with van der Waals surface area (Å²) in [6.45, 7) is -0.333. The van der Waals surface area contributed by atoms with Crippen LogP contribution in [0, 0.1) is 0 Å². The molecule has 3 aromatic rings. The monoisotopic (exact) mass is 407 g/mol. The van der Waals surface area contributed by atoms with Gasteiger partial charge in [-0.15, -0.1) is 18.3 Å². The summed E-state index contributed by atoms with van der Waals surface area (Å²) in [5.41, 5.74) is 1.62. The number of rotatable bonds is 6. The van der Waals surface area contributed by atoms with E-state index >= 15 is 0 Å². The van der Waals surface area contributed by atoms with E-state index in [2.05, 4.69) is 20.4 Å². The Morgan fingerprint density at radius 1 is 1.14 bits per heavy atom. The predicted octanol–water partition coefficient (Wildman–Crippen LogP) is 2.43. The number of halogens is 3. The Morgan fingerprint density at radius 2 is 1.83 bits per heavy atom. The van der Waals surface area contributed by atoms with Crippen LogP contribution in [0.15, 0.2) is 48.5 Å². The molecule has 0 atom stereocenters. The summed E-state index contributed by atoms with van der Waals surface area (Å²) >= 11 is 0. The average Bonchev–Trinajstić information content (AvgIpc) is 3.05. The Kier molecular flexibility index (Phi) is 5.66. The molecule has 2 amide bonds. The van der Waals surface area contributed by atoms with Crippen molar-refractivity contribution < 1.29 is 27.5 Å². The van der Waals surface area contributed by atoms with Crippen molar-refractivity contribution in [3.05, 3.63) is 48.5 Å². The number of para-hydroxylation sites is 1. The predicted molar refractivity (Wildman–Crippen MR) is 96.9 cm³/mol. The lowest BCUT2D eigenvalue weighted by Crippen LogP contribution is -2.37. The summed E-state index contributed by atoms with van der Waals surface area (Å²) in [5.74, 6) is -1.26. The molecule has 0 saturated heterocycles. The summed E-state index contributed by atoms with van der Waals surface area (Å²) < 4.78 is 41.7. The van der Waals surface area contributed by atoms with Gasteiger partial charge in [0.05, 0.1) is 12.1 Å². The average molecular weight is 407 g/mol. The molecule has 1 aromatic heterocycles.